The first-order valence-corrected chi connectivity index (χ1v) is 13.6. The average Bonchev–Trinajstić information content (AvgIpc) is 3.05. The Morgan fingerprint density at radius 2 is 1.65 bits per heavy atom. The molecule has 0 spiro atoms. The highest BCUT2D eigenvalue weighted by Gasteiger charge is 2.21. The highest BCUT2D eigenvalue weighted by atomic mass is 16.5. The molecule has 0 radical (unpaired) electrons. The molecule has 2 aromatic carbocycles. The molecule has 4 heterocycles. The Morgan fingerprint density at radius 3 is 2.40 bits per heavy atom. The summed E-state index contributed by atoms with van der Waals surface area (Å²) in [6, 6.07) is 22.6. The van der Waals surface area contributed by atoms with E-state index in [0.29, 0.717) is 22.8 Å². The number of pyridine rings is 3. The summed E-state index contributed by atoms with van der Waals surface area (Å²) in [5, 5.41) is 4.83. The largest absolute Gasteiger partial charge is 0.491 e. The quantitative estimate of drug-likeness (QED) is 0.237. The Balaban J connectivity index is 1.54. The number of nitrogens with zero attached hydrogens (tertiary/aromatic N) is 5. The number of hydrogen-bond acceptors (Lipinski definition) is 9. The number of nitrogens with two attached hydrogens (primary N) is 1. The zero-order valence-corrected chi connectivity index (χ0v) is 23.9. The maximum atomic E-state index is 14.5. The molecule has 0 saturated carbocycles. The normalized spacial score (nSPS) is 11.7. The molecule has 0 unspecified atom stereocenters. The number of ether oxygens (including phenoxy) is 2. The molecule has 0 bridgehead atoms. The van der Waals surface area contributed by atoms with Crippen molar-refractivity contribution in [3.63, 3.8) is 0 Å². The first-order chi connectivity index (χ1) is 21.0. The summed E-state index contributed by atoms with van der Waals surface area (Å²) in [4.78, 5) is 31.8. The molecule has 43 heavy (non-hydrogen) atoms. The van der Waals surface area contributed by atoms with Crippen LogP contribution in [0.3, 0.4) is 0 Å². The van der Waals surface area contributed by atoms with Crippen LogP contribution < -0.4 is 26.1 Å². The van der Waals surface area contributed by atoms with Gasteiger partial charge in [0.05, 0.1) is 25.6 Å². The minimum atomic E-state index is -0.362. The van der Waals surface area contributed by atoms with Crippen molar-refractivity contribution in [2.45, 2.75) is 13.0 Å². The van der Waals surface area contributed by atoms with Gasteiger partial charge in [-0.05, 0) is 59.8 Å². The molecule has 4 aromatic heterocycles. The van der Waals surface area contributed by atoms with E-state index in [1.807, 2.05) is 79.7 Å². The fraction of sp³-hybridized carbons (Fsp3) is 0.121. The molecule has 6 rings (SSSR count). The highest BCUT2D eigenvalue weighted by molar-refractivity contribution is 5.96. The summed E-state index contributed by atoms with van der Waals surface area (Å²) in [5.74, 6) is 1.53. The monoisotopic (exact) mass is 571 g/mol. The maximum absolute atomic E-state index is 14.5. The van der Waals surface area contributed by atoms with Crippen molar-refractivity contribution in [1.82, 2.24) is 24.5 Å². The molecule has 214 valence electrons. The van der Waals surface area contributed by atoms with Crippen LogP contribution in [-0.4, -0.2) is 38.7 Å². The molecule has 1 atom stereocenters. The van der Waals surface area contributed by atoms with Crippen molar-refractivity contribution in [2.75, 3.05) is 25.3 Å². The molecule has 0 aliphatic rings. The molecule has 6 aromatic rings. The zero-order valence-electron chi connectivity index (χ0n) is 23.9. The lowest BCUT2D eigenvalue weighted by molar-refractivity contribution is 0.343. The van der Waals surface area contributed by atoms with Gasteiger partial charge in [-0.3, -0.25) is 14.3 Å². The van der Waals surface area contributed by atoms with Crippen LogP contribution in [0.25, 0.3) is 38.7 Å². The predicted molar refractivity (Wildman–Crippen MR) is 168 cm³/mol. The second-order valence-electron chi connectivity index (χ2n) is 9.84. The summed E-state index contributed by atoms with van der Waals surface area (Å²) in [6.45, 7) is 1.98. The van der Waals surface area contributed by atoms with Gasteiger partial charge < -0.3 is 20.5 Å². The van der Waals surface area contributed by atoms with Gasteiger partial charge in [-0.1, -0.05) is 36.4 Å². The lowest BCUT2D eigenvalue weighted by atomic mass is 9.98. The third kappa shape index (κ3) is 5.21. The summed E-state index contributed by atoms with van der Waals surface area (Å²) >= 11 is 0. The highest BCUT2D eigenvalue weighted by Crippen LogP contribution is 2.35. The Bertz CT molecular complexity index is 1980. The second kappa shape index (κ2) is 11.6. The van der Waals surface area contributed by atoms with Crippen molar-refractivity contribution < 1.29 is 9.47 Å². The van der Waals surface area contributed by atoms with Crippen LogP contribution >= 0.6 is 0 Å². The Labute approximate surface area is 247 Å². The summed E-state index contributed by atoms with van der Waals surface area (Å²) in [7, 11) is 3.09. The molecule has 0 saturated heterocycles. The number of methoxy groups -OCH3 is 2. The van der Waals surface area contributed by atoms with Crippen LogP contribution in [-0.2, 0) is 0 Å². The molecule has 0 amide bonds. The number of rotatable bonds is 8. The summed E-state index contributed by atoms with van der Waals surface area (Å²) in [5.41, 5.74) is 10.4. The molecule has 10 heteroatoms. The second-order valence-corrected chi connectivity index (χ2v) is 9.84. The number of nitrogens with one attached hydrogen (secondary N) is 1. The molecule has 10 nitrogen and oxygen atoms in total. The van der Waals surface area contributed by atoms with Crippen LogP contribution in [0.5, 0.6) is 11.6 Å². The SMILES string of the molecule is COc1cc(-c2cccc3cc([C@H](C)Nc4nc(N)ncc4-c4ccncc4)n(-c4ccccc4)c(=O)c23)cnc1OC. The topological polar surface area (TPSA) is 130 Å². The average molecular weight is 572 g/mol. The Kier molecular flexibility index (Phi) is 7.40. The van der Waals surface area contributed by atoms with Crippen LogP contribution in [0, 0.1) is 0 Å². The van der Waals surface area contributed by atoms with Crippen molar-refractivity contribution in [3.05, 3.63) is 114 Å². The van der Waals surface area contributed by atoms with Gasteiger partial charge in [0.1, 0.15) is 5.82 Å². The Morgan fingerprint density at radius 1 is 0.860 bits per heavy atom. The molecule has 0 aliphatic carbocycles. The van der Waals surface area contributed by atoms with E-state index in [1.165, 1.54) is 7.11 Å². The van der Waals surface area contributed by atoms with Gasteiger partial charge in [0, 0.05) is 47.3 Å². The summed E-state index contributed by atoms with van der Waals surface area (Å²) < 4.78 is 12.5. The van der Waals surface area contributed by atoms with Gasteiger partial charge >= 0.3 is 0 Å². The number of anilines is 2. The lowest BCUT2D eigenvalue weighted by Crippen LogP contribution is -2.26. The standard InChI is InChI=1S/C33H29N7O3/c1-20(38-30-26(19-37-33(34)39-30)21-12-14-35-15-13-21)27-16-22-8-7-11-25(23-17-28(42-2)31(43-3)36-18-23)29(22)32(41)40(27)24-9-5-4-6-10-24/h4-20H,1-3H3,(H3,34,37,38,39)/t20-/m0/s1. The number of hydrogen-bond donors (Lipinski definition) is 2. The maximum Gasteiger partial charge on any atom is 0.263 e. The number of fused-ring (bicyclic) bond motifs is 1. The van der Waals surface area contributed by atoms with Gasteiger partial charge in [0.15, 0.2) is 5.75 Å². The molecular weight excluding hydrogens is 542 g/mol. The van der Waals surface area contributed by atoms with Crippen molar-refractivity contribution in [1.29, 1.82) is 0 Å². The molecule has 0 aliphatic heterocycles. The van der Waals surface area contributed by atoms with Gasteiger partial charge in [-0.2, -0.15) is 4.98 Å². The van der Waals surface area contributed by atoms with Crippen LogP contribution in [0.4, 0.5) is 11.8 Å². The van der Waals surface area contributed by atoms with Crippen LogP contribution in [0.1, 0.15) is 18.7 Å². The van der Waals surface area contributed by atoms with E-state index in [1.54, 1.807) is 36.5 Å². The fourth-order valence-corrected chi connectivity index (χ4v) is 5.19. The number of nitrogen functional groups attached to an aromatic ring is 1. The zero-order chi connectivity index (χ0) is 29.9. The first kappa shape index (κ1) is 27.4. The third-order valence-corrected chi connectivity index (χ3v) is 7.23. The Hall–Kier alpha value is -5.77. The van der Waals surface area contributed by atoms with E-state index in [-0.39, 0.29) is 17.5 Å². The van der Waals surface area contributed by atoms with Crippen LogP contribution in [0.2, 0.25) is 0 Å². The van der Waals surface area contributed by atoms with E-state index < -0.39 is 0 Å². The van der Waals surface area contributed by atoms with Gasteiger partial charge in [0.2, 0.25) is 5.95 Å². The number of para-hydroxylation sites is 1. The fourth-order valence-electron chi connectivity index (χ4n) is 5.19. The van der Waals surface area contributed by atoms with Crippen molar-refractivity contribution >= 4 is 22.5 Å². The van der Waals surface area contributed by atoms with Crippen LogP contribution in [0.15, 0.2) is 102 Å². The van der Waals surface area contributed by atoms with E-state index in [0.717, 1.165) is 39.0 Å². The minimum absolute atomic E-state index is 0.139. The minimum Gasteiger partial charge on any atom is -0.491 e. The molecule has 0 fully saturated rings. The van der Waals surface area contributed by atoms with E-state index in [4.69, 9.17) is 15.2 Å². The third-order valence-electron chi connectivity index (χ3n) is 7.23. The number of benzene rings is 2. The van der Waals surface area contributed by atoms with Crippen molar-refractivity contribution in [3.8, 4) is 39.6 Å². The smallest absolute Gasteiger partial charge is 0.263 e. The van der Waals surface area contributed by atoms with E-state index in [9.17, 15) is 4.79 Å². The van der Waals surface area contributed by atoms with Gasteiger partial charge in [-0.15, -0.1) is 0 Å². The van der Waals surface area contributed by atoms with E-state index >= 15 is 0 Å². The first-order valence-electron chi connectivity index (χ1n) is 13.6. The van der Waals surface area contributed by atoms with E-state index in [2.05, 4.69) is 25.3 Å². The van der Waals surface area contributed by atoms with Crippen molar-refractivity contribution in [2.24, 2.45) is 0 Å². The van der Waals surface area contributed by atoms with Gasteiger partial charge in [-0.25, -0.2) is 9.97 Å². The number of aromatic nitrogens is 5. The predicted octanol–water partition coefficient (Wildman–Crippen LogP) is 5.68. The molecular formula is C33H29N7O3. The van der Waals surface area contributed by atoms with Gasteiger partial charge in [0.25, 0.3) is 11.4 Å². The molecule has 3 N–H and O–H groups in total. The summed E-state index contributed by atoms with van der Waals surface area (Å²) in [6.07, 6.45) is 6.78. The lowest BCUT2D eigenvalue weighted by Gasteiger charge is -2.23.